The SMILES string of the molecule is CCCOC1=C(OCCC)C(OCCC)=C(OCCC)[PH](OCCC)(OCCC)N1. The molecular weight excluding hydrogens is 405 g/mol. The zero-order valence-corrected chi connectivity index (χ0v) is 20.9. The van der Waals surface area contributed by atoms with Gasteiger partial charge in [-0.15, -0.1) is 0 Å². The van der Waals surface area contributed by atoms with Crippen molar-refractivity contribution in [2.75, 3.05) is 39.6 Å². The Morgan fingerprint density at radius 2 is 0.967 bits per heavy atom. The van der Waals surface area contributed by atoms with Crippen LogP contribution in [0.5, 0.6) is 0 Å². The van der Waals surface area contributed by atoms with E-state index in [2.05, 4.69) is 46.6 Å². The number of hydrogen-bond acceptors (Lipinski definition) is 7. The first-order chi connectivity index (χ1) is 14.6. The second-order valence-corrected chi connectivity index (χ2v) is 9.66. The predicted molar refractivity (Wildman–Crippen MR) is 123 cm³/mol. The molecule has 0 aromatic heterocycles. The van der Waals surface area contributed by atoms with Gasteiger partial charge in [0.15, 0.2) is 0 Å². The van der Waals surface area contributed by atoms with Gasteiger partial charge in [-0.25, -0.2) is 0 Å². The second kappa shape index (κ2) is 15.6. The number of nitrogens with one attached hydrogen (secondary N) is 1. The van der Waals surface area contributed by atoms with Crippen LogP contribution in [0.4, 0.5) is 0 Å². The van der Waals surface area contributed by atoms with Crippen LogP contribution in [0.3, 0.4) is 0 Å². The third-order valence-corrected chi connectivity index (χ3v) is 6.76. The van der Waals surface area contributed by atoms with Crippen LogP contribution in [0.1, 0.15) is 80.1 Å². The van der Waals surface area contributed by atoms with Crippen molar-refractivity contribution in [3.8, 4) is 0 Å². The van der Waals surface area contributed by atoms with E-state index in [-0.39, 0.29) is 0 Å². The topological polar surface area (TPSA) is 67.4 Å². The second-order valence-electron chi connectivity index (χ2n) is 7.15. The molecular formula is C22H44NO6P. The summed E-state index contributed by atoms with van der Waals surface area (Å²) in [6.45, 7) is 15.7. The summed E-state index contributed by atoms with van der Waals surface area (Å²) in [5.74, 6) is 1.63. The summed E-state index contributed by atoms with van der Waals surface area (Å²) >= 11 is 0. The third-order valence-electron chi connectivity index (χ3n) is 4.02. The summed E-state index contributed by atoms with van der Waals surface area (Å²) in [7, 11) is -3.18. The van der Waals surface area contributed by atoms with Gasteiger partial charge in [-0.2, -0.15) is 0 Å². The van der Waals surface area contributed by atoms with Crippen LogP contribution < -0.4 is 5.09 Å². The van der Waals surface area contributed by atoms with Crippen molar-refractivity contribution in [2.45, 2.75) is 80.1 Å². The van der Waals surface area contributed by atoms with E-state index in [1.165, 1.54) is 0 Å². The molecule has 0 aromatic rings. The van der Waals surface area contributed by atoms with Gasteiger partial charge in [0, 0.05) is 0 Å². The van der Waals surface area contributed by atoms with Crippen molar-refractivity contribution in [1.29, 1.82) is 0 Å². The molecule has 0 saturated heterocycles. The number of hydrogen-bond donors (Lipinski definition) is 1. The van der Waals surface area contributed by atoms with Gasteiger partial charge >= 0.3 is 184 Å². The normalized spacial score (nSPS) is 16.9. The van der Waals surface area contributed by atoms with Crippen LogP contribution in [-0.2, 0) is 28.0 Å². The van der Waals surface area contributed by atoms with Crippen LogP contribution in [0.25, 0.3) is 0 Å². The minimum absolute atomic E-state index is 0.527. The molecule has 178 valence electrons. The Balaban J connectivity index is 3.57. The van der Waals surface area contributed by atoms with E-state index in [4.69, 9.17) is 28.0 Å². The van der Waals surface area contributed by atoms with E-state index < -0.39 is 7.87 Å². The molecule has 0 spiro atoms. The fraction of sp³-hybridized carbons (Fsp3) is 0.818. The molecule has 8 heteroatoms. The van der Waals surface area contributed by atoms with E-state index in [0.717, 1.165) is 38.5 Å². The fourth-order valence-corrected chi connectivity index (χ4v) is 5.54. The molecule has 1 N–H and O–H groups in total. The zero-order valence-electron chi connectivity index (χ0n) is 19.9. The van der Waals surface area contributed by atoms with Crippen molar-refractivity contribution < 1.29 is 28.0 Å². The van der Waals surface area contributed by atoms with Crippen LogP contribution in [-0.4, -0.2) is 39.6 Å². The van der Waals surface area contributed by atoms with Crippen molar-refractivity contribution in [2.24, 2.45) is 0 Å². The molecule has 0 fully saturated rings. The molecule has 1 heterocycles. The minimum atomic E-state index is -3.18. The first-order valence-corrected chi connectivity index (χ1v) is 13.5. The van der Waals surface area contributed by atoms with Crippen LogP contribution in [0.2, 0.25) is 0 Å². The third kappa shape index (κ3) is 7.82. The van der Waals surface area contributed by atoms with Crippen LogP contribution >= 0.6 is 7.87 Å². The van der Waals surface area contributed by atoms with E-state index in [1.807, 2.05) is 0 Å². The van der Waals surface area contributed by atoms with Gasteiger partial charge in [0.25, 0.3) is 0 Å². The Kier molecular flexibility index (Phi) is 14.0. The Hall–Kier alpha value is -1.17. The van der Waals surface area contributed by atoms with Gasteiger partial charge in [0.1, 0.15) is 0 Å². The van der Waals surface area contributed by atoms with Crippen molar-refractivity contribution in [3.05, 3.63) is 22.9 Å². The van der Waals surface area contributed by atoms with E-state index in [0.29, 0.717) is 62.5 Å². The predicted octanol–water partition coefficient (Wildman–Crippen LogP) is 5.98. The fourth-order valence-electron chi connectivity index (χ4n) is 2.70. The van der Waals surface area contributed by atoms with Crippen LogP contribution in [0.15, 0.2) is 22.9 Å². The van der Waals surface area contributed by atoms with Crippen molar-refractivity contribution in [3.63, 3.8) is 0 Å². The molecule has 1 rings (SSSR count). The molecule has 0 bridgehead atoms. The molecule has 0 atom stereocenters. The van der Waals surface area contributed by atoms with Crippen molar-refractivity contribution in [1.82, 2.24) is 5.09 Å². The molecule has 7 nitrogen and oxygen atoms in total. The maximum absolute atomic E-state index is 6.38. The molecule has 0 radical (unpaired) electrons. The zero-order chi connectivity index (χ0) is 22.2. The van der Waals surface area contributed by atoms with E-state index in [9.17, 15) is 0 Å². The quantitative estimate of drug-likeness (QED) is 0.258. The Bertz CT molecular complexity index is 530. The molecule has 0 amide bonds. The average molecular weight is 450 g/mol. The van der Waals surface area contributed by atoms with E-state index in [1.54, 1.807) is 0 Å². The molecule has 30 heavy (non-hydrogen) atoms. The summed E-state index contributed by atoms with van der Waals surface area (Å²) in [4.78, 5) is 0. The molecule has 0 saturated carbocycles. The van der Waals surface area contributed by atoms with Gasteiger partial charge in [-0.3, -0.25) is 0 Å². The maximum atomic E-state index is 6.38. The summed E-state index contributed by atoms with van der Waals surface area (Å²) in [6, 6.07) is 0. The molecule has 0 aliphatic carbocycles. The van der Waals surface area contributed by atoms with Gasteiger partial charge in [-0.05, 0) is 0 Å². The average Bonchev–Trinajstić information content (AvgIpc) is 2.76. The van der Waals surface area contributed by atoms with Gasteiger partial charge < -0.3 is 0 Å². The number of ether oxygens (including phenoxy) is 4. The van der Waals surface area contributed by atoms with Crippen molar-refractivity contribution >= 4 is 7.87 Å². The monoisotopic (exact) mass is 449 g/mol. The summed E-state index contributed by atoms with van der Waals surface area (Å²) < 4.78 is 37.4. The Labute approximate surface area is 184 Å². The molecule has 0 unspecified atom stereocenters. The summed E-state index contributed by atoms with van der Waals surface area (Å²) in [6.07, 6.45) is 5.21. The van der Waals surface area contributed by atoms with Crippen LogP contribution in [0, 0.1) is 0 Å². The molecule has 1 aliphatic heterocycles. The standard InChI is InChI=1S/C22H44NO6P/c1-7-13-24-19-20(25-14-8-2)22(27-16-10-4)30(28-17-11-5,29-18-12-6)23-21(19)26-15-9-3/h23,30H,7-18H2,1-6H3. The van der Waals surface area contributed by atoms with Gasteiger partial charge in [0.05, 0.1) is 0 Å². The van der Waals surface area contributed by atoms with E-state index >= 15 is 0 Å². The summed E-state index contributed by atoms with van der Waals surface area (Å²) in [5, 5.41) is 3.46. The Morgan fingerprint density at radius 1 is 0.533 bits per heavy atom. The first kappa shape index (κ1) is 26.9. The first-order valence-electron chi connectivity index (χ1n) is 11.7. The molecule has 1 aliphatic rings. The van der Waals surface area contributed by atoms with Gasteiger partial charge in [-0.1, -0.05) is 0 Å². The molecule has 0 aromatic carbocycles. The Morgan fingerprint density at radius 3 is 1.47 bits per heavy atom. The summed E-state index contributed by atoms with van der Waals surface area (Å²) in [5.41, 5.74) is 0.606. The van der Waals surface area contributed by atoms with Gasteiger partial charge in [0.2, 0.25) is 0 Å². The number of rotatable bonds is 18.